The van der Waals surface area contributed by atoms with Crippen molar-refractivity contribution < 1.29 is 14.3 Å². The predicted molar refractivity (Wildman–Crippen MR) is 73.7 cm³/mol. The number of terminal acetylenes is 1. The van der Waals surface area contributed by atoms with Gasteiger partial charge in [-0.3, -0.25) is 4.79 Å². The van der Waals surface area contributed by atoms with Crippen molar-refractivity contribution in [3.05, 3.63) is 0 Å². The maximum atomic E-state index is 12.1. The van der Waals surface area contributed by atoms with Crippen LogP contribution in [0.3, 0.4) is 0 Å². The third-order valence-electron chi connectivity index (χ3n) is 3.34. The quantitative estimate of drug-likeness (QED) is 0.718. The zero-order chi connectivity index (χ0) is 14.3. The molecule has 1 amide bonds. The van der Waals surface area contributed by atoms with Gasteiger partial charge in [0.25, 0.3) is 0 Å². The number of carbonyl (C=O) groups is 2. The zero-order valence-corrected chi connectivity index (χ0v) is 11.9. The fourth-order valence-electron chi connectivity index (χ4n) is 2.38. The number of carbonyl (C=O) groups excluding carboxylic acids is 2. The third-order valence-corrected chi connectivity index (χ3v) is 3.34. The number of hydrogen-bond donors (Lipinski definition) is 0. The molecule has 0 aromatic carbocycles. The molecule has 0 aromatic heterocycles. The molecule has 0 heterocycles. The highest BCUT2D eigenvalue weighted by atomic mass is 16.6. The molecular formula is C15H23NO3. The smallest absolute Gasteiger partial charge is 0.410 e. The molecule has 1 rings (SSSR count). The molecule has 4 nitrogen and oxygen atoms in total. The summed E-state index contributed by atoms with van der Waals surface area (Å²) >= 11 is 0. The van der Waals surface area contributed by atoms with E-state index in [0.29, 0.717) is 32.4 Å². The lowest BCUT2D eigenvalue weighted by Crippen LogP contribution is -2.43. The van der Waals surface area contributed by atoms with Gasteiger partial charge in [-0.15, -0.1) is 12.3 Å². The van der Waals surface area contributed by atoms with Crippen molar-refractivity contribution in [3.63, 3.8) is 0 Å². The lowest BCUT2D eigenvalue weighted by Gasteiger charge is -2.34. The number of rotatable bonds is 5. The van der Waals surface area contributed by atoms with Gasteiger partial charge in [-0.2, -0.15) is 0 Å². The molecule has 0 N–H and O–H groups in total. The number of hydrogen-bond acceptors (Lipinski definition) is 3. The van der Waals surface area contributed by atoms with E-state index >= 15 is 0 Å². The first-order chi connectivity index (χ1) is 9.00. The van der Waals surface area contributed by atoms with Crippen molar-refractivity contribution in [2.45, 2.75) is 58.0 Å². The lowest BCUT2D eigenvalue weighted by molar-refractivity contribution is -0.127. The molecule has 19 heavy (non-hydrogen) atoms. The molecule has 1 unspecified atom stereocenters. The SMILES string of the molecule is C#CCCN(CCC)C(=O)OC1(C)CCCC(=O)C1. The molecule has 1 aliphatic rings. The van der Waals surface area contributed by atoms with Crippen LogP contribution in [0.15, 0.2) is 0 Å². The molecule has 1 atom stereocenters. The number of ether oxygens (including phenoxy) is 1. The van der Waals surface area contributed by atoms with Gasteiger partial charge in [-0.1, -0.05) is 6.92 Å². The fourth-order valence-corrected chi connectivity index (χ4v) is 2.38. The molecule has 0 spiro atoms. The third kappa shape index (κ3) is 4.94. The Morgan fingerprint density at radius 2 is 2.26 bits per heavy atom. The second-order valence-corrected chi connectivity index (χ2v) is 5.33. The lowest BCUT2D eigenvalue weighted by atomic mass is 9.85. The van der Waals surface area contributed by atoms with Gasteiger partial charge in [0.1, 0.15) is 11.4 Å². The molecule has 0 aromatic rings. The van der Waals surface area contributed by atoms with Crippen LogP contribution in [0.4, 0.5) is 4.79 Å². The van der Waals surface area contributed by atoms with Gasteiger partial charge in [0.05, 0.1) is 0 Å². The summed E-state index contributed by atoms with van der Waals surface area (Å²) in [6.07, 6.45) is 8.72. The average Bonchev–Trinajstić information content (AvgIpc) is 2.33. The Morgan fingerprint density at radius 3 is 2.84 bits per heavy atom. The van der Waals surface area contributed by atoms with E-state index in [0.717, 1.165) is 19.3 Å². The molecule has 0 bridgehead atoms. The topological polar surface area (TPSA) is 46.6 Å². The maximum Gasteiger partial charge on any atom is 0.410 e. The summed E-state index contributed by atoms with van der Waals surface area (Å²) in [7, 11) is 0. The number of nitrogens with zero attached hydrogens (tertiary/aromatic N) is 1. The molecule has 1 fully saturated rings. The fraction of sp³-hybridized carbons (Fsp3) is 0.733. The minimum absolute atomic E-state index is 0.173. The van der Waals surface area contributed by atoms with Gasteiger partial charge >= 0.3 is 6.09 Å². The summed E-state index contributed by atoms with van der Waals surface area (Å²) in [6.45, 7) is 4.98. The number of ketones is 1. The van der Waals surface area contributed by atoms with Crippen LogP contribution in [0, 0.1) is 12.3 Å². The Kier molecular flexibility index (Phi) is 5.88. The molecule has 1 saturated carbocycles. The first-order valence-electron chi connectivity index (χ1n) is 6.94. The second kappa shape index (κ2) is 7.18. The van der Waals surface area contributed by atoms with E-state index in [1.165, 1.54) is 0 Å². The van der Waals surface area contributed by atoms with E-state index in [9.17, 15) is 9.59 Å². The van der Waals surface area contributed by atoms with Crippen molar-refractivity contribution in [2.75, 3.05) is 13.1 Å². The Labute approximate surface area is 115 Å². The monoisotopic (exact) mass is 265 g/mol. The molecule has 1 aliphatic carbocycles. The zero-order valence-electron chi connectivity index (χ0n) is 11.9. The normalized spacial score (nSPS) is 22.7. The van der Waals surface area contributed by atoms with Gasteiger partial charge in [-0.25, -0.2) is 4.79 Å². The molecule has 0 saturated heterocycles. The molecule has 0 aliphatic heterocycles. The van der Waals surface area contributed by atoms with Crippen LogP contribution in [0.1, 0.15) is 52.4 Å². The largest absolute Gasteiger partial charge is 0.443 e. The first kappa shape index (κ1) is 15.6. The van der Waals surface area contributed by atoms with E-state index in [-0.39, 0.29) is 11.9 Å². The highest BCUT2D eigenvalue weighted by Crippen LogP contribution is 2.29. The van der Waals surface area contributed by atoms with E-state index < -0.39 is 5.60 Å². The van der Waals surface area contributed by atoms with Crippen molar-refractivity contribution >= 4 is 11.9 Å². The van der Waals surface area contributed by atoms with Gasteiger partial charge in [0.2, 0.25) is 0 Å². The van der Waals surface area contributed by atoms with E-state index in [1.807, 2.05) is 13.8 Å². The van der Waals surface area contributed by atoms with Crippen LogP contribution in [-0.4, -0.2) is 35.5 Å². The Morgan fingerprint density at radius 1 is 1.53 bits per heavy atom. The Bertz CT molecular complexity index is 372. The van der Waals surface area contributed by atoms with Crippen molar-refractivity contribution in [1.82, 2.24) is 4.90 Å². The summed E-state index contributed by atoms with van der Waals surface area (Å²) in [4.78, 5) is 25.3. The first-order valence-corrected chi connectivity index (χ1v) is 6.94. The molecule has 4 heteroatoms. The van der Waals surface area contributed by atoms with E-state index in [4.69, 9.17) is 11.2 Å². The Hall–Kier alpha value is -1.50. The maximum absolute atomic E-state index is 12.1. The van der Waals surface area contributed by atoms with Gasteiger partial charge in [-0.05, 0) is 26.2 Å². The molecule has 106 valence electrons. The highest BCUT2D eigenvalue weighted by Gasteiger charge is 2.35. The van der Waals surface area contributed by atoms with Gasteiger partial charge in [0, 0.05) is 32.4 Å². The summed E-state index contributed by atoms with van der Waals surface area (Å²) in [6, 6.07) is 0. The Balaban J connectivity index is 2.59. The molecular weight excluding hydrogens is 242 g/mol. The number of Topliss-reactive ketones (excluding diaryl/α,β-unsaturated/α-hetero) is 1. The van der Waals surface area contributed by atoms with Crippen LogP contribution in [0.5, 0.6) is 0 Å². The van der Waals surface area contributed by atoms with Gasteiger partial charge in [0.15, 0.2) is 0 Å². The van der Waals surface area contributed by atoms with Crippen LogP contribution in [0.25, 0.3) is 0 Å². The van der Waals surface area contributed by atoms with Crippen LogP contribution in [0.2, 0.25) is 0 Å². The summed E-state index contributed by atoms with van der Waals surface area (Å²) < 4.78 is 5.56. The van der Waals surface area contributed by atoms with E-state index in [1.54, 1.807) is 4.90 Å². The minimum Gasteiger partial charge on any atom is -0.443 e. The van der Waals surface area contributed by atoms with Crippen LogP contribution < -0.4 is 0 Å². The van der Waals surface area contributed by atoms with Crippen molar-refractivity contribution in [3.8, 4) is 12.3 Å². The van der Waals surface area contributed by atoms with Crippen LogP contribution >= 0.6 is 0 Å². The summed E-state index contributed by atoms with van der Waals surface area (Å²) in [5.74, 6) is 2.70. The predicted octanol–water partition coefficient (Wildman–Crippen LogP) is 2.76. The van der Waals surface area contributed by atoms with E-state index in [2.05, 4.69) is 5.92 Å². The summed E-state index contributed by atoms with van der Waals surface area (Å²) in [5, 5.41) is 0. The molecule has 0 radical (unpaired) electrons. The summed E-state index contributed by atoms with van der Waals surface area (Å²) in [5.41, 5.74) is -0.644. The highest BCUT2D eigenvalue weighted by molar-refractivity contribution is 5.81. The average molecular weight is 265 g/mol. The second-order valence-electron chi connectivity index (χ2n) is 5.33. The minimum atomic E-state index is -0.644. The van der Waals surface area contributed by atoms with Crippen molar-refractivity contribution in [2.24, 2.45) is 0 Å². The standard InChI is InChI=1S/C15H23NO3/c1-4-6-11-16(10-5-2)14(18)19-15(3)9-7-8-13(17)12-15/h1H,5-12H2,2-3H3. The number of amides is 1. The van der Waals surface area contributed by atoms with Crippen LogP contribution in [-0.2, 0) is 9.53 Å². The van der Waals surface area contributed by atoms with Gasteiger partial charge < -0.3 is 9.64 Å². The van der Waals surface area contributed by atoms with Crippen molar-refractivity contribution in [1.29, 1.82) is 0 Å².